The molecule has 1 amide bonds. The first-order valence-electron chi connectivity index (χ1n) is 6.84. The van der Waals surface area contributed by atoms with Gasteiger partial charge in [0.05, 0.1) is 6.61 Å². The van der Waals surface area contributed by atoms with Gasteiger partial charge >= 0.3 is 0 Å². The summed E-state index contributed by atoms with van der Waals surface area (Å²) in [4.78, 5) is 11.9. The highest BCUT2D eigenvalue weighted by Crippen LogP contribution is 2.17. The topological polar surface area (TPSA) is 54.3 Å². The van der Waals surface area contributed by atoms with Crippen LogP contribution in [0.3, 0.4) is 0 Å². The molecule has 4 nitrogen and oxygen atoms in total. The number of nitrogens with zero attached hydrogens (tertiary/aromatic N) is 1. The lowest BCUT2D eigenvalue weighted by Gasteiger charge is -2.17. The number of aliphatic hydroxyl groups excluding tert-OH is 1. The summed E-state index contributed by atoms with van der Waals surface area (Å²) in [6, 6.07) is 4.02. The number of rotatable bonds is 4. The minimum absolute atomic E-state index is 0.0241. The molecule has 1 saturated carbocycles. The van der Waals surface area contributed by atoms with Gasteiger partial charge in [-0.2, -0.15) is 0 Å². The molecule has 0 unspecified atom stereocenters. The summed E-state index contributed by atoms with van der Waals surface area (Å²) in [6.45, 7) is 0.281. The molecule has 1 aliphatic rings. The molecule has 0 radical (unpaired) electrons. The Morgan fingerprint density at radius 3 is 2.72 bits per heavy atom. The Kier molecular flexibility index (Phi) is 4.81. The Morgan fingerprint density at radius 2 is 2.06 bits per heavy atom. The van der Waals surface area contributed by atoms with E-state index in [0.29, 0.717) is 12.6 Å². The highest BCUT2D eigenvalue weighted by Gasteiger charge is 2.15. The minimum atomic E-state index is -0.0241. The summed E-state index contributed by atoms with van der Waals surface area (Å²) in [7, 11) is 0. The van der Waals surface area contributed by atoms with Gasteiger partial charge in [-0.3, -0.25) is 4.79 Å². The van der Waals surface area contributed by atoms with Crippen LogP contribution in [0.2, 0.25) is 0 Å². The van der Waals surface area contributed by atoms with Crippen molar-refractivity contribution in [2.24, 2.45) is 0 Å². The van der Waals surface area contributed by atoms with Gasteiger partial charge in [0.2, 0.25) is 5.91 Å². The van der Waals surface area contributed by atoms with Crippen molar-refractivity contribution in [2.75, 3.05) is 0 Å². The lowest BCUT2D eigenvalue weighted by Crippen LogP contribution is -2.36. The van der Waals surface area contributed by atoms with Crippen molar-refractivity contribution in [3.8, 4) is 0 Å². The van der Waals surface area contributed by atoms with Crippen molar-refractivity contribution in [1.82, 2.24) is 9.88 Å². The van der Waals surface area contributed by atoms with E-state index in [9.17, 15) is 4.79 Å². The van der Waals surface area contributed by atoms with Gasteiger partial charge in [0, 0.05) is 17.9 Å². The van der Waals surface area contributed by atoms with E-state index in [-0.39, 0.29) is 12.5 Å². The van der Waals surface area contributed by atoms with E-state index in [1.807, 2.05) is 18.3 Å². The molecule has 4 heteroatoms. The average molecular weight is 250 g/mol. The number of aromatic nitrogens is 1. The number of amides is 1. The van der Waals surface area contributed by atoms with Crippen molar-refractivity contribution in [2.45, 2.75) is 57.7 Å². The van der Waals surface area contributed by atoms with Crippen LogP contribution in [0.15, 0.2) is 18.3 Å². The van der Waals surface area contributed by atoms with Crippen molar-refractivity contribution in [3.05, 3.63) is 24.0 Å². The van der Waals surface area contributed by atoms with Gasteiger partial charge in [0.25, 0.3) is 0 Å². The monoisotopic (exact) mass is 250 g/mol. The SMILES string of the molecule is O=C(Cn1cccc1CO)NC1CCCCCC1. The van der Waals surface area contributed by atoms with Gasteiger partial charge in [-0.15, -0.1) is 0 Å². The summed E-state index contributed by atoms with van der Waals surface area (Å²) in [5.74, 6) is 0.0489. The Bertz CT molecular complexity index is 379. The van der Waals surface area contributed by atoms with Crippen molar-refractivity contribution >= 4 is 5.91 Å². The molecule has 0 aromatic carbocycles. The van der Waals surface area contributed by atoms with Crippen LogP contribution in [-0.4, -0.2) is 21.6 Å². The standard InChI is InChI=1S/C14H22N2O2/c17-11-13-8-5-9-16(13)10-14(18)15-12-6-3-1-2-4-7-12/h5,8-9,12,17H,1-4,6-7,10-11H2,(H,15,18). The van der Waals surface area contributed by atoms with Gasteiger partial charge in [-0.25, -0.2) is 0 Å². The molecule has 0 spiro atoms. The Hall–Kier alpha value is -1.29. The fourth-order valence-electron chi connectivity index (χ4n) is 2.60. The summed E-state index contributed by atoms with van der Waals surface area (Å²) in [5, 5.41) is 12.2. The fraction of sp³-hybridized carbons (Fsp3) is 0.643. The molecular weight excluding hydrogens is 228 g/mol. The molecule has 1 aromatic rings. The molecule has 1 aliphatic carbocycles. The third-order valence-corrected chi connectivity index (χ3v) is 3.62. The number of carbonyl (C=O) groups excluding carboxylic acids is 1. The molecule has 100 valence electrons. The Balaban J connectivity index is 1.84. The minimum Gasteiger partial charge on any atom is -0.390 e. The number of hydrogen-bond acceptors (Lipinski definition) is 2. The van der Waals surface area contributed by atoms with E-state index in [4.69, 9.17) is 5.11 Å². The second-order valence-electron chi connectivity index (χ2n) is 5.04. The smallest absolute Gasteiger partial charge is 0.240 e. The van der Waals surface area contributed by atoms with E-state index in [1.165, 1.54) is 25.7 Å². The lowest BCUT2D eigenvalue weighted by molar-refractivity contribution is -0.122. The van der Waals surface area contributed by atoms with Crippen LogP contribution in [0.25, 0.3) is 0 Å². The molecule has 1 aromatic heterocycles. The maximum absolute atomic E-state index is 11.9. The van der Waals surface area contributed by atoms with E-state index in [0.717, 1.165) is 18.5 Å². The predicted molar refractivity (Wildman–Crippen MR) is 70.0 cm³/mol. The molecule has 18 heavy (non-hydrogen) atoms. The largest absolute Gasteiger partial charge is 0.390 e. The van der Waals surface area contributed by atoms with Gasteiger partial charge in [0.15, 0.2) is 0 Å². The third-order valence-electron chi connectivity index (χ3n) is 3.62. The molecule has 0 bridgehead atoms. The van der Waals surface area contributed by atoms with Crippen LogP contribution in [0.4, 0.5) is 0 Å². The number of carbonyl (C=O) groups is 1. The van der Waals surface area contributed by atoms with Gasteiger partial charge in [0.1, 0.15) is 6.54 Å². The lowest BCUT2D eigenvalue weighted by atomic mass is 10.1. The summed E-state index contributed by atoms with van der Waals surface area (Å²) in [6.07, 6.45) is 9.05. The van der Waals surface area contributed by atoms with Crippen LogP contribution >= 0.6 is 0 Å². The Labute approximate surface area is 108 Å². The van der Waals surface area contributed by atoms with E-state index in [1.54, 1.807) is 4.57 Å². The number of aliphatic hydroxyl groups is 1. The molecule has 2 N–H and O–H groups in total. The van der Waals surface area contributed by atoms with Crippen molar-refractivity contribution in [3.63, 3.8) is 0 Å². The highest BCUT2D eigenvalue weighted by atomic mass is 16.3. The van der Waals surface area contributed by atoms with Crippen LogP contribution in [0.1, 0.15) is 44.2 Å². The van der Waals surface area contributed by atoms with E-state index in [2.05, 4.69) is 5.32 Å². The van der Waals surface area contributed by atoms with Gasteiger partial charge < -0.3 is 15.0 Å². The molecule has 0 saturated heterocycles. The molecule has 0 atom stereocenters. The summed E-state index contributed by atoms with van der Waals surface area (Å²) < 4.78 is 1.80. The number of nitrogens with one attached hydrogen (secondary N) is 1. The summed E-state index contributed by atoms with van der Waals surface area (Å²) in [5.41, 5.74) is 0.783. The first-order valence-corrected chi connectivity index (χ1v) is 6.84. The van der Waals surface area contributed by atoms with Crippen molar-refractivity contribution < 1.29 is 9.90 Å². The quantitative estimate of drug-likeness (QED) is 0.801. The first-order chi connectivity index (χ1) is 8.79. The number of hydrogen-bond donors (Lipinski definition) is 2. The second-order valence-corrected chi connectivity index (χ2v) is 5.04. The molecule has 1 fully saturated rings. The van der Waals surface area contributed by atoms with Crippen LogP contribution in [0, 0.1) is 0 Å². The fourth-order valence-corrected chi connectivity index (χ4v) is 2.60. The average Bonchev–Trinajstić information content (AvgIpc) is 2.64. The Morgan fingerprint density at radius 1 is 1.33 bits per heavy atom. The van der Waals surface area contributed by atoms with E-state index < -0.39 is 0 Å². The van der Waals surface area contributed by atoms with Crippen LogP contribution < -0.4 is 5.32 Å². The molecule has 2 rings (SSSR count). The maximum Gasteiger partial charge on any atom is 0.240 e. The molecule has 1 heterocycles. The molecule has 0 aliphatic heterocycles. The van der Waals surface area contributed by atoms with Crippen molar-refractivity contribution in [1.29, 1.82) is 0 Å². The zero-order valence-electron chi connectivity index (χ0n) is 10.8. The van der Waals surface area contributed by atoms with Gasteiger partial charge in [-0.1, -0.05) is 25.7 Å². The normalized spacial score (nSPS) is 17.4. The third kappa shape index (κ3) is 3.60. The zero-order valence-corrected chi connectivity index (χ0v) is 10.8. The highest BCUT2D eigenvalue weighted by molar-refractivity contribution is 5.76. The molecular formula is C14H22N2O2. The maximum atomic E-state index is 11.9. The predicted octanol–water partition coefficient (Wildman–Crippen LogP) is 1.82. The van der Waals surface area contributed by atoms with Crippen LogP contribution in [0.5, 0.6) is 0 Å². The zero-order chi connectivity index (χ0) is 12.8. The summed E-state index contributed by atoms with van der Waals surface area (Å²) >= 11 is 0. The van der Waals surface area contributed by atoms with Crippen LogP contribution in [-0.2, 0) is 17.9 Å². The second kappa shape index (κ2) is 6.59. The van der Waals surface area contributed by atoms with E-state index >= 15 is 0 Å². The first kappa shape index (κ1) is 13.1. The van der Waals surface area contributed by atoms with Gasteiger partial charge in [-0.05, 0) is 25.0 Å².